The van der Waals surface area contributed by atoms with E-state index in [1.807, 2.05) is 76.5 Å². The van der Waals surface area contributed by atoms with Crippen LogP contribution in [0.1, 0.15) is 27.0 Å². The second-order valence-corrected chi connectivity index (χ2v) is 8.67. The van der Waals surface area contributed by atoms with Gasteiger partial charge in [-0.2, -0.15) is 0 Å². The van der Waals surface area contributed by atoms with Gasteiger partial charge >= 0.3 is 6.03 Å². The van der Waals surface area contributed by atoms with Gasteiger partial charge in [0.25, 0.3) is 5.91 Å². The second-order valence-electron chi connectivity index (χ2n) is 8.23. The number of benzene rings is 3. The Morgan fingerprint density at radius 3 is 2.44 bits per heavy atom. The molecule has 2 aliphatic rings. The molecule has 2 aliphatic heterocycles. The lowest BCUT2D eigenvalue weighted by Gasteiger charge is -2.47. The van der Waals surface area contributed by atoms with Crippen LogP contribution < -0.4 is 5.32 Å². The van der Waals surface area contributed by atoms with Crippen LogP contribution in [0.3, 0.4) is 0 Å². The third-order valence-electron chi connectivity index (χ3n) is 6.45. The summed E-state index contributed by atoms with van der Waals surface area (Å²) < 4.78 is 0. The van der Waals surface area contributed by atoms with E-state index in [0.29, 0.717) is 36.6 Å². The summed E-state index contributed by atoms with van der Waals surface area (Å²) in [6, 6.07) is 25.1. The highest BCUT2D eigenvalue weighted by Gasteiger charge is 2.55. The fourth-order valence-corrected chi connectivity index (χ4v) is 5.05. The minimum atomic E-state index is -0.868. The molecule has 5 nitrogen and oxygen atoms in total. The summed E-state index contributed by atoms with van der Waals surface area (Å²) in [7, 11) is 0. The third kappa shape index (κ3) is 3.43. The van der Waals surface area contributed by atoms with Crippen LogP contribution in [-0.2, 0) is 18.5 Å². The van der Waals surface area contributed by atoms with Gasteiger partial charge in [0.1, 0.15) is 5.66 Å². The van der Waals surface area contributed by atoms with Crippen molar-refractivity contribution in [2.45, 2.75) is 18.5 Å². The molecule has 1 unspecified atom stereocenters. The van der Waals surface area contributed by atoms with Crippen LogP contribution in [0.2, 0.25) is 5.02 Å². The van der Waals surface area contributed by atoms with E-state index in [1.54, 1.807) is 0 Å². The average Bonchev–Trinajstić information content (AvgIpc) is 3.21. The van der Waals surface area contributed by atoms with Gasteiger partial charge in [-0.3, -0.25) is 9.69 Å². The van der Waals surface area contributed by atoms with E-state index in [-0.39, 0.29) is 11.9 Å². The van der Waals surface area contributed by atoms with Gasteiger partial charge in [-0.1, -0.05) is 72.3 Å². The summed E-state index contributed by atoms with van der Waals surface area (Å²) in [5.41, 5.74) is 2.86. The number of carbonyl (C=O) groups is 2. The van der Waals surface area contributed by atoms with Gasteiger partial charge in [-0.05, 0) is 41.3 Å². The number of nitrogens with one attached hydrogen (secondary N) is 1. The molecule has 0 saturated carbocycles. The number of halogens is 1. The Morgan fingerprint density at radius 2 is 1.66 bits per heavy atom. The first-order valence-electron chi connectivity index (χ1n) is 10.8. The average molecular weight is 446 g/mol. The minimum absolute atomic E-state index is 0.0404. The molecule has 5 rings (SSSR count). The van der Waals surface area contributed by atoms with Crippen molar-refractivity contribution in [3.05, 3.63) is 106 Å². The molecule has 3 aromatic carbocycles. The van der Waals surface area contributed by atoms with E-state index < -0.39 is 5.66 Å². The van der Waals surface area contributed by atoms with Crippen LogP contribution in [0.4, 0.5) is 4.79 Å². The molecule has 0 spiro atoms. The summed E-state index contributed by atoms with van der Waals surface area (Å²) in [4.78, 5) is 30.5. The zero-order chi connectivity index (χ0) is 22.1. The molecular formula is C26H24ClN3O2. The summed E-state index contributed by atoms with van der Waals surface area (Å²) in [6.07, 6.45) is 1.29. The first-order chi connectivity index (χ1) is 15.6. The summed E-state index contributed by atoms with van der Waals surface area (Å²) in [5, 5.41) is 3.70. The first kappa shape index (κ1) is 20.6. The topological polar surface area (TPSA) is 52.7 Å². The van der Waals surface area contributed by atoms with Crippen molar-refractivity contribution in [1.82, 2.24) is 15.1 Å². The van der Waals surface area contributed by atoms with Crippen molar-refractivity contribution in [1.29, 1.82) is 0 Å². The van der Waals surface area contributed by atoms with Crippen LogP contribution >= 0.6 is 11.6 Å². The lowest BCUT2D eigenvalue weighted by atomic mass is 9.84. The predicted molar refractivity (Wildman–Crippen MR) is 125 cm³/mol. The maximum absolute atomic E-state index is 13.5. The smallest absolute Gasteiger partial charge is 0.319 e. The quantitative estimate of drug-likeness (QED) is 0.644. The molecule has 0 bridgehead atoms. The summed E-state index contributed by atoms with van der Waals surface area (Å²) >= 11 is 6.15. The number of urea groups is 1. The highest BCUT2D eigenvalue weighted by atomic mass is 35.5. The number of nitrogens with zero attached hydrogens (tertiary/aromatic N) is 2. The van der Waals surface area contributed by atoms with Crippen LogP contribution in [0.5, 0.6) is 0 Å². The standard InChI is InChI=1S/C26H24ClN3O2/c27-22-12-10-21(11-13-22)26-18-20-8-4-5-9-23(20)24(31)29(26)16-17-30(26)25(32)28-15-14-19-6-2-1-3-7-19/h1-13H,14-18H2,(H,28,32). The molecule has 1 atom stereocenters. The largest absolute Gasteiger partial charge is 0.338 e. The van der Waals surface area contributed by atoms with E-state index in [4.69, 9.17) is 11.6 Å². The van der Waals surface area contributed by atoms with Gasteiger partial charge in [-0.15, -0.1) is 0 Å². The fraction of sp³-hybridized carbons (Fsp3) is 0.231. The van der Waals surface area contributed by atoms with Gasteiger partial charge in [0.15, 0.2) is 0 Å². The van der Waals surface area contributed by atoms with E-state index in [9.17, 15) is 9.59 Å². The lowest BCUT2D eigenvalue weighted by molar-refractivity contribution is 0.0204. The molecule has 0 aromatic heterocycles. The number of rotatable bonds is 4. The van der Waals surface area contributed by atoms with Gasteiger partial charge in [-0.25, -0.2) is 4.79 Å². The third-order valence-corrected chi connectivity index (χ3v) is 6.71. The molecular weight excluding hydrogens is 422 g/mol. The van der Waals surface area contributed by atoms with Crippen molar-refractivity contribution < 1.29 is 9.59 Å². The Bertz CT molecular complexity index is 1150. The molecule has 32 heavy (non-hydrogen) atoms. The Hall–Kier alpha value is -3.31. The molecule has 3 amide bonds. The van der Waals surface area contributed by atoms with E-state index >= 15 is 0 Å². The Morgan fingerprint density at radius 1 is 0.938 bits per heavy atom. The first-order valence-corrected chi connectivity index (χ1v) is 11.2. The summed E-state index contributed by atoms with van der Waals surface area (Å²) in [5.74, 6) is -0.0404. The zero-order valence-corrected chi connectivity index (χ0v) is 18.4. The number of amides is 3. The predicted octanol–water partition coefficient (Wildman–Crippen LogP) is 4.46. The van der Waals surface area contributed by atoms with E-state index in [0.717, 1.165) is 17.5 Å². The molecule has 6 heteroatoms. The lowest BCUT2D eigenvalue weighted by Crippen LogP contribution is -2.60. The molecule has 1 fully saturated rings. The van der Waals surface area contributed by atoms with Gasteiger partial charge < -0.3 is 10.2 Å². The Labute approximate surface area is 192 Å². The maximum atomic E-state index is 13.5. The maximum Gasteiger partial charge on any atom is 0.319 e. The SMILES string of the molecule is O=C(NCCc1ccccc1)N1CCN2C(=O)c3ccccc3CC12c1ccc(Cl)cc1. The van der Waals surface area contributed by atoms with Crippen molar-refractivity contribution in [3.8, 4) is 0 Å². The fourth-order valence-electron chi connectivity index (χ4n) is 4.92. The molecule has 0 aliphatic carbocycles. The Kier molecular flexibility index (Phi) is 5.35. The monoisotopic (exact) mass is 445 g/mol. The summed E-state index contributed by atoms with van der Waals surface area (Å²) in [6.45, 7) is 1.49. The van der Waals surface area contributed by atoms with Gasteiger partial charge in [0.05, 0.1) is 0 Å². The van der Waals surface area contributed by atoms with Crippen molar-refractivity contribution in [2.24, 2.45) is 0 Å². The molecule has 0 radical (unpaired) electrons. The highest BCUT2D eigenvalue weighted by molar-refractivity contribution is 6.30. The van der Waals surface area contributed by atoms with Crippen LogP contribution in [-0.4, -0.2) is 41.4 Å². The molecule has 2 heterocycles. The second kappa shape index (κ2) is 8.32. The van der Waals surface area contributed by atoms with Crippen LogP contribution in [0.15, 0.2) is 78.9 Å². The van der Waals surface area contributed by atoms with Gasteiger partial charge in [0.2, 0.25) is 0 Å². The molecule has 1 N–H and O–H groups in total. The van der Waals surface area contributed by atoms with E-state index in [2.05, 4.69) is 17.4 Å². The van der Waals surface area contributed by atoms with Crippen molar-refractivity contribution in [3.63, 3.8) is 0 Å². The molecule has 1 saturated heterocycles. The number of carbonyl (C=O) groups excluding carboxylic acids is 2. The van der Waals surface area contributed by atoms with E-state index in [1.165, 1.54) is 5.56 Å². The number of hydrogen-bond donors (Lipinski definition) is 1. The normalized spacial score (nSPS) is 19.5. The highest BCUT2D eigenvalue weighted by Crippen LogP contribution is 2.45. The van der Waals surface area contributed by atoms with Crippen molar-refractivity contribution in [2.75, 3.05) is 19.6 Å². The number of fused-ring (bicyclic) bond motifs is 2. The van der Waals surface area contributed by atoms with Crippen molar-refractivity contribution >= 4 is 23.5 Å². The number of hydrogen-bond acceptors (Lipinski definition) is 2. The van der Waals surface area contributed by atoms with Gasteiger partial charge in [0, 0.05) is 36.6 Å². The van der Waals surface area contributed by atoms with Crippen LogP contribution in [0.25, 0.3) is 0 Å². The molecule has 162 valence electrons. The minimum Gasteiger partial charge on any atom is -0.338 e. The Balaban J connectivity index is 1.48. The zero-order valence-electron chi connectivity index (χ0n) is 17.6. The van der Waals surface area contributed by atoms with Crippen LogP contribution in [0, 0.1) is 0 Å². The molecule has 3 aromatic rings.